The fraction of sp³-hybridized carbons (Fsp3) is 0.364. The van der Waals surface area contributed by atoms with Gasteiger partial charge in [0.05, 0.1) is 12.7 Å². The van der Waals surface area contributed by atoms with Crippen molar-refractivity contribution in [1.29, 1.82) is 0 Å². The molecule has 0 heterocycles. The molecule has 0 saturated heterocycles. The summed E-state index contributed by atoms with van der Waals surface area (Å²) in [5.41, 5.74) is 4.04. The van der Waals surface area contributed by atoms with Gasteiger partial charge in [0.25, 0.3) is 0 Å². The Hall–Kier alpha value is -2.62. The van der Waals surface area contributed by atoms with Gasteiger partial charge in [0, 0.05) is 13.0 Å². The van der Waals surface area contributed by atoms with Crippen molar-refractivity contribution >= 4 is 11.9 Å². The van der Waals surface area contributed by atoms with Gasteiger partial charge in [-0.15, -0.1) is 0 Å². The smallest absolute Gasteiger partial charge is 0.337 e. The molecule has 0 unspecified atom stereocenters. The molecule has 1 amide bonds. The quantitative estimate of drug-likeness (QED) is 0.798. The number of rotatable bonds is 6. The molecular weight excluding hydrogens is 326 g/mol. The first-order chi connectivity index (χ1) is 12.3. The van der Waals surface area contributed by atoms with Crippen molar-refractivity contribution in [3.8, 4) is 0 Å². The van der Waals surface area contributed by atoms with Gasteiger partial charge in [-0.1, -0.05) is 57.2 Å². The molecule has 0 atom stereocenters. The fourth-order valence-electron chi connectivity index (χ4n) is 2.59. The van der Waals surface area contributed by atoms with E-state index in [0.29, 0.717) is 18.5 Å². The van der Waals surface area contributed by atoms with Gasteiger partial charge in [-0.2, -0.15) is 0 Å². The number of methoxy groups -OCH3 is 1. The summed E-state index contributed by atoms with van der Waals surface area (Å²) >= 11 is 0. The van der Waals surface area contributed by atoms with Crippen LogP contribution < -0.4 is 5.32 Å². The van der Waals surface area contributed by atoms with Gasteiger partial charge < -0.3 is 10.1 Å². The third-order valence-electron chi connectivity index (χ3n) is 4.33. The Morgan fingerprint density at radius 3 is 2.04 bits per heavy atom. The van der Waals surface area contributed by atoms with E-state index in [4.69, 9.17) is 0 Å². The zero-order valence-corrected chi connectivity index (χ0v) is 16.0. The van der Waals surface area contributed by atoms with E-state index in [9.17, 15) is 9.59 Å². The van der Waals surface area contributed by atoms with Gasteiger partial charge in [0.2, 0.25) is 5.91 Å². The van der Waals surface area contributed by atoms with Gasteiger partial charge in [0.15, 0.2) is 0 Å². The van der Waals surface area contributed by atoms with Crippen molar-refractivity contribution in [2.75, 3.05) is 7.11 Å². The Bertz CT molecular complexity index is 740. The molecule has 1 N–H and O–H groups in total. The Labute approximate surface area is 155 Å². The molecular formula is C22H27NO3. The number of carbonyl (C=O) groups excluding carboxylic acids is 2. The van der Waals surface area contributed by atoms with Crippen LogP contribution in [0.1, 0.15) is 54.2 Å². The summed E-state index contributed by atoms with van der Waals surface area (Å²) in [4.78, 5) is 23.4. The number of ether oxygens (including phenoxy) is 1. The van der Waals surface area contributed by atoms with Crippen LogP contribution in [0, 0.1) is 0 Å². The lowest BCUT2D eigenvalue weighted by Gasteiger charge is -2.19. The number of benzene rings is 2. The number of esters is 1. The molecule has 26 heavy (non-hydrogen) atoms. The predicted octanol–water partition coefficient (Wildman–Crippen LogP) is 4.02. The van der Waals surface area contributed by atoms with Crippen molar-refractivity contribution in [3.05, 3.63) is 70.8 Å². The average molecular weight is 353 g/mol. The minimum Gasteiger partial charge on any atom is -0.465 e. The molecule has 0 aliphatic rings. The van der Waals surface area contributed by atoms with Crippen molar-refractivity contribution in [1.82, 2.24) is 5.32 Å². The van der Waals surface area contributed by atoms with Gasteiger partial charge in [-0.3, -0.25) is 4.79 Å². The zero-order valence-electron chi connectivity index (χ0n) is 16.0. The lowest BCUT2D eigenvalue weighted by atomic mass is 9.86. The molecule has 0 bridgehead atoms. The first-order valence-electron chi connectivity index (χ1n) is 8.83. The minimum atomic E-state index is -0.363. The molecule has 0 saturated carbocycles. The normalized spacial score (nSPS) is 11.1. The maximum Gasteiger partial charge on any atom is 0.337 e. The maximum atomic E-state index is 12.1. The second-order valence-electron chi connectivity index (χ2n) is 7.41. The summed E-state index contributed by atoms with van der Waals surface area (Å²) in [7, 11) is 1.35. The fourth-order valence-corrected chi connectivity index (χ4v) is 2.59. The highest BCUT2D eigenvalue weighted by molar-refractivity contribution is 5.89. The van der Waals surface area contributed by atoms with Crippen LogP contribution in [-0.4, -0.2) is 19.0 Å². The van der Waals surface area contributed by atoms with E-state index in [2.05, 4.69) is 55.1 Å². The van der Waals surface area contributed by atoms with Crippen LogP contribution in [0.4, 0.5) is 0 Å². The Morgan fingerprint density at radius 1 is 0.923 bits per heavy atom. The summed E-state index contributed by atoms with van der Waals surface area (Å²) in [5.74, 6) is -0.347. The summed E-state index contributed by atoms with van der Waals surface area (Å²) < 4.78 is 4.67. The average Bonchev–Trinajstić information content (AvgIpc) is 2.64. The third-order valence-corrected chi connectivity index (χ3v) is 4.33. The van der Waals surface area contributed by atoms with Crippen LogP contribution in [0.5, 0.6) is 0 Å². The molecule has 0 aromatic heterocycles. The molecule has 4 heteroatoms. The van der Waals surface area contributed by atoms with Crippen molar-refractivity contribution in [2.24, 2.45) is 0 Å². The molecule has 0 aliphatic heterocycles. The van der Waals surface area contributed by atoms with Crippen LogP contribution in [0.25, 0.3) is 0 Å². The number of aryl methyl sites for hydroxylation is 1. The van der Waals surface area contributed by atoms with Gasteiger partial charge >= 0.3 is 5.97 Å². The van der Waals surface area contributed by atoms with E-state index in [1.165, 1.54) is 12.7 Å². The van der Waals surface area contributed by atoms with E-state index < -0.39 is 0 Å². The standard InChI is InChI=1S/C22H27NO3/c1-22(2,3)19-12-7-16(8-13-19)9-14-20(24)23-15-17-5-10-18(11-6-17)21(25)26-4/h5-8,10-13H,9,14-15H2,1-4H3,(H,23,24). The summed E-state index contributed by atoms with van der Waals surface area (Å²) in [6, 6.07) is 15.5. The van der Waals surface area contributed by atoms with E-state index in [1.54, 1.807) is 12.1 Å². The van der Waals surface area contributed by atoms with Gasteiger partial charge in [0.1, 0.15) is 0 Å². The minimum absolute atomic E-state index is 0.0157. The largest absolute Gasteiger partial charge is 0.465 e. The highest BCUT2D eigenvalue weighted by Gasteiger charge is 2.13. The number of hydrogen-bond donors (Lipinski definition) is 1. The van der Waals surface area contributed by atoms with Crippen molar-refractivity contribution in [2.45, 2.75) is 45.6 Å². The first-order valence-corrected chi connectivity index (χ1v) is 8.83. The molecule has 138 valence electrons. The number of carbonyl (C=O) groups is 2. The summed E-state index contributed by atoms with van der Waals surface area (Å²) in [6.45, 7) is 7.01. The Kier molecular flexibility index (Phi) is 6.56. The van der Waals surface area contributed by atoms with E-state index in [0.717, 1.165) is 17.5 Å². The number of hydrogen-bond acceptors (Lipinski definition) is 3. The van der Waals surface area contributed by atoms with Crippen LogP contribution >= 0.6 is 0 Å². The summed E-state index contributed by atoms with van der Waals surface area (Å²) in [6.07, 6.45) is 1.17. The molecule has 0 radical (unpaired) electrons. The monoisotopic (exact) mass is 353 g/mol. The van der Waals surface area contributed by atoms with E-state index in [1.807, 2.05) is 12.1 Å². The Morgan fingerprint density at radius 2 is 1.50 bits per heavy atom. The molecule has 0 aliphatic carbocycles. The second kappa shape index (κ2) is 8.65. The molecule has 2 aromatic carbocycles. The van der Waals surface area contributed by atoms with Crippen LogP contribution in [0.2, 0.25) is 0 Å². The summed E-state index contributed by atoms with van der Waals surface area (Å²) in [5, 5.41) is 2.91. The molecule has 0 spiro atoms. The van der Waals surface area contributed by atoms with Crippen LogP contribution in [-0.2, 0) is 27.9 Å². The lowest BCUT2D eigenvalue weighted by molar-refractivity contribution is -0.121. The molecule has 2 aromatic rings. The third kappa shape index (κ3) is 5.73. The first kappa shape index (κ1) is 19.7. The Balaban J connectivity index is 1.79. The second-order valence-corrected chi connectivity index (χ2v) is 7.41. The predicted molar refractivity (Wildman–Crippen MR) is 103 cm³/mol. The molecule has 0 fully saturated rings. The molecule has 4 nitrogen and oxygen atoms in total. The number of amides is 1. The van der Waals surface area contributed by atoms with Crippen molar-refractivity contribution < 1.29 is 14.3 Å². The molecule has 2 rings (SSSR count). The topological polar surface area (TPSA) is 55.4 Å². The highest BCUT2D eigenvalue weighted by Crippen LogP contribution is 2.22. The maximum absolute atomic E-state index is 12.1. The number of nitrogens with one attached hydrogen (secondary N) is 1. The SMILES string of the molecule is COC(=O)c1ccc(CNC(=O)CCc2ccc(C(C)(C)C)cc2)cc1. The van der Waals surface area contributed by atoms with Crippen LogP contribution in [0.3, 0.4) is 0 Å². The lowest BCUT2D eigenvalue weighted by Crippen LogP contribution is -2.23. The highest BCUT2D eigenvalue weighted by atomic mass is 16.5. The van der Waals surface area contributed by atoms with Crippen LogP contribution in [0.15, 0.2) is 48.5 Å². The van der Waals surface area contributed by atoms with Crippen molar-refractivity contribution in [3.63, 3.8) is 0 Å². The van der Waals surface area contributed by atoms with E-state index in [-0.39, 0.29) is 17.3 Å². The van der Waals surface area contributed by atoms with Gasteiger partial charge in [-0.05, 0) is 40.7 Å². The zero-order chi connectivity index (χ0) is 19.2. The van der Waals surface area contributed by atoms with Gasteiger partial charge in [-0.25, -0.2) is 4.79 Å². The van der Waals surface area contributed by atoms with E-state index >= 15 is 0 Å².